The lowest BCUT2D eigenvalue weighted by Gasteiger charge is -2.07. The zero-order chi connectivity index (χ0) is 16.2. The van der Waals surface area contributed by atoms with Crippen LogP contribution < -0.4 is 16.2 Å². The van der Waals surface area contributed by atoms with Crippen molar-refractivity contribution in [1.29, 1.82) is 0 Å². The molecule has 1 heterocycles. The van der Waals surface area contributed by atoms with Crippen molar-refractivity contribution in [3.05, 3.63) is 53.6 Å². The minimum Gasteiger partial charge on any atom is -0.494 e. The fourth-order valence-electron chi connectivity index (χ4n) is 2.58. The molecule has 5 nitrogen and oxygen atoms in total. The highest BCUT2D eigenvalue weighted by Crippen LogP contribution is 2.21. The van der Waals surface area contributed by atoms with Crippen LogP contribution >= 0.6 is 0 Å². The van der Waals surface area contributed by atoms with Gasteiger partial charge in [0.15, 0.2) is 0 Å². The monoisotopic (exact) mass is 308 g/mol. The first-order chi connectivity index (χ1) is 11.2. The van der Waals surface area contributed by atoms with E-state index in [0.717, 1.165) is 29.5 Å². The molecule has 0 amide bonds. The zero-order valence-corrected chi connectivity index (χ0v) is 13.1. The minimum atomic E-state index is 0.206. The summed E-state index contributed by atoms with van der Waals surface area (Å²) >= 11 is 0. The van der Waals surface area contributed by atoms with Crippen LogP contribution in [0.4, 0.5) is 11.8 Å². The number of fused-ring (bicyclic) bond motifs is 1. The molecule has 0 aliphatic carbocycles. The molecule has 3 aromatic rings. The SMILES string of the molecule is CCOc1ccc(CCc2ccc3nc(N)nc(N)c3c2)cc1. The van der Waals surface area contributed by atoms with Crippen molar-refractivity contribution < 1.29 is 4.74 Å². The molecule has 23 heavy (non-hydrogen) atoms. The van der Waals surface area contributed by atoms with E-state index in [1.807, 2.05) is 31.2 Å². The van der Waals surface area contributed by atoms with E-state index in [1.54, 1.807) is 0 Å². The van der Waals surface area contributed by atoms with Gasteiger partial charge < -0.3 is 16.2 Å². The topological polar surface area (TPSA) is 87.0 Å². The summed E-state index contributed by atoms with van der Waals surface area (Å²) in [5.41, 5.74) is 14.8. The van der Waals surface area contributed by atoms with E-state index in [2.05, 4.69) is 28.2 Å². The Balaban J connectivity index is 1.74. The molecule has 5 heteroatoms. The number of benzene rings is 2. The van der Waals surface area contributed by atoms with Crippen LogP contribution in [0, 0.1) is 0 Å². The average molecular weight is 308 g/mol. The van der Waals surface area contributed by atoms with Crippen molar-refractivity contribution in [2.75, 3.05) is 18.1 Å². The molecular formula is C18H20N4O. The summed E-state index contributed by atoms with van der Waals surface area (Å²) in [5.74, 6) is 1.54. The molecule has 1 aromatic heterocycles. The lowest BCUT2D eigenvalue weighted by atomic mass is 10.0. The highest BCUT2D eigenvalue weighted by molar-refractivity contribution is 5.89. The number of ether oxygens (including phenoxy) is 1. The van der Waals surface area contributed by atoms with Crippen LogP contribution in [0.5, 0.6) is 5.75 Å². The van der Waals surface area contributed by atoms with E-state index in [-0.39, 0.29) is 5.95 Å². The Morgan fingerprint density at radius 1 is 0.913 bits per heavy atom. The van der Waals surface area contributed by atoms with Crippen LogP contribution in [0.2, 0.25) is 0 Å². The number of hydrogen-bond donors (Lipinski definition) is 2. The van der Waals surface area contributed by atoms with Crippen LogP contribution in [0.25, 0.3) is 10.9 Å². The summed E-state index contributed by atoms with van der Waals surface area (Å²) in [4.78, 5) is 8.21. The molecule has 0 atom stereocenters. The lowest BCUT2D eigenvalue weighted by molar-refractivity contribution is 0.340. The third kappa shape index (κ3) is 3.51. The van der Waals surface area contributed by atoms with Gasteiger partial charge in [-0.3, -0.25) is 0 Å². The largest absolute Gasteiger partial charge is 0.494 e. The third-order valence-electron chi connectivity index (χ3n) is 3.74. The molecule has 118 valence electrons. The third-order valence-corrected chi connectivity index (χ3v) is 3.74. The predicted octanol–water partition coefficient (Wildman–Crippen LogP) is 2.98. The first-order valence-electron chi connectivity index (χ1n) is 7.69. The van der Waals surface area contributed by atoms with E-state index in [9.17, 15) is 0 Å². The number of nitrogen functional groups attached to an aromatic ring is 2. The summed E-state index contributed by atoms with van der Waals surface area (Å²) in [7, 11) is 0. The Hall–Kier alpha value is -2.82. The van der Waals surface area contributed by atoms with E-state index in [1.165, 1.54) is 11.1 Å². The van der Waals surface area contributed by atoms with Gasteiger partial charge in [-0.2, -0.15) is 4.98 Å². The average Bonchev–Trinajstić information content (AvgIpc) is 2.55. The van der Waals surface area contributed by atoms with Crippen molar-refractivity contribution in [2.24, 2.45) is 0 Å². The quantitative estimate of drug-likeness (QED) is 0.756. The maximum Gasteiger partial charge on any atom is 0.222 e. The summed E-state index contributed by atoms with van der Waals surface area (Å²) < 4.78 is 5.46. The van der Waals surface area contributed by atoms with Gasteiger partial charge in [0.05, 0.1) is 12.1 Å². The number of rotatable bonds is 5. The first kappa shape index (κ1) is 15.1. The Morgan fingerprint density at radius 2 is 1.61 bits per heavy atom. The Morgan fingerprint density at radius 3 is 2.35 bits per heavy atom. The fraction of sp³-hybridized carbons (Fsp3) is 0.222. The molecule has 4 N–H and O–H groups in total. The second-order valence-electron chi connectivity index (χ2n) is 5.40. The van der Waals surface area contributed by atoms with Crippen molar-refractivity contribution in [3.8, 4) is 5.75 Å². The molecule has 3 rings (SSSR count). The molecule has 0 fully saturated rings. The van der Waals surface area contributed by atoms with Crippen LogP contribution in [-0.4, -0.2) is 16.6 Å². The Labute approximate surface area is 135 Å². The van der Waals surface area contributed by atoms with Crippen molar-refractivity contribution in [3.63, 3.8) is 0 Å². The van der Waals surface area contributed by atoms with Crippen LogP contribution in [-0.2, 0) is 12.8 Å². The maximum atomic E-state index is 5.93. The van der Waals surface area contributed by atoms with Crippen molar-refractivity contribution in [2.45, 2.75) is 19.8 Å². The Bertz CT molecular complexity index is 815. The van der Waals surface area contributed by atoms with Crippen LogP contribution in [0.15, 0.2) is 42.5 Å². The fourth-order valence-corrected chi connectivity index (χ4v) is 2.58. The van der Waals surface area contributed by atoms with Gasteiger partial charge in [0, 0.05) is 5.39 Å². The van der Waals surface area contributed by atoms with Gasteiger partial charge in [-0.25, -0.2) is 4.98 Å². The number of nitrogens with two attached hydrogens (primary N) is 2. The minimum absolute atomic E-state index is 0.206. The molecule has 0 bridgehead atoms. The van der Waals surface area contributed by atoms with Gasteiger partial charge in [-0.05, 0) is 55.2 Å². The highest BCUT2D eigenvalue weighted by Gasteiger charge is 2.05. The Kier molecular flexibility index (Phi) is 4.28. The second kappa shape index (κ2) is 6.52. The maximum absolute atomic E-state index is 5.93. The second-order valence-corrected chi connectivity index (χ2v) is 5.40. The summed E-state index contributed by atoms with van der Waals surface area (Å²) in [5, 5.41) is 0.850. The van der Waals surface area contributed by atoms with Gasteiger partial charge in [-0.15, -0.1) is 0 Å². The van der Waals surface area contributed by atoms with E-state index >= 15 is 0 Å². The number of nitrogens with zero attached hydrogens (tertiary/aromatic N) is 2. The van der Waals surface area contributed by atoms with Gasteiger partial charge in [0.1, 0.15) is 11.6 Å². The molecule has 0 aliphatic rings. The molecule has 2 aromatic carbocycles. The van der Waals surface area contributed by atoms with E-state index in [4.69, 9.17) is 16.2 Å². The molecule has 0 saturated carbocycles. The standard InChI is InChI=1S/C18H20N4O/c1-2-23-14-8-5-12(6-9-14)3-4-13-7-10-16-15(11-13)17(19)22-18(20)21-16/h5-11H,2-4H2,1H3,(H4,19,20,21,22). The smallest absolute Gasteiger partial charge is 0.222 e. The number of hydrogen-bond acceptors (Lipinski definition) is 5. The number of aryl methyl sites for hydroxylation is 2. The predicted molar refractivity (Wildman–Crippen MR) is 93.4 cm³/mol. The zero-order valence-electron chi connectivity index (χ0n) is 13.1. The summed E-state index contributed by atoms with van der Waals surface area (Å²) in [6, 6.07) is 14.3. The molecule has 0 unspecified atom stereocenters. The summed E-state index contributed by atoms with van der Waals surface area (Å²) in [6.07, 6.45) is 1.88. The van der Waals surface area contributed by atoms with Gasteiger partial charge in [0.2, 0.25) is 5.95 Å². The first-order valence-corrected chi connectivity index (χ1v) is 7.69. The van der Waals surface area contributed by atoms with Gasteiger partial charge in [0.25, 0.3) is 0 Å². The van der Waals surface area contributed by atoms with E-state index < -0.39 is 0 Å². The number of aromatic nitrogens is 2. The lowest BCUT2D eigenvalue weighted by Crippen LogP contribution is -2.01. The van der Waals surface area contributed by atoms with Gasteiger partial charge in [-0.1, -0.05) is 18.2 Å². The number of anilines is 2. The molecule has 0 aliphatic heterocycles. The van der Waals surface area contributed by atoms with Crippen molar-refractivity contribution >= 4 is 22.7 Å². The molecule has 0 spiro atoms. The molecule has 0 radical (unpaired) electrons. The van der Waals surface area contributed by atoms with Crippen LogP contribution in [0.1, 0.15) is 18.1 Å². The van der Waals surface area contributed by atoms with Gasteiger partial charge >= 0.3 is 0 Å². The molecule has 0 saturated heterocycles. The normalized spacial score (nSPS) is 10.8. The highest BCUT2D eigenvalue weighted by atomic mass is 16.5. The van der Waals surface area contributed by atoms with E-state index in [0.29, 0.717) is 12.4 Å². The molecular weight excluding hydrogens is 288 g/mol. The summed E-state index contributed by atoms with van der Waals surface area (Å²) in [6.45, 7) is 2.67. The van der Waals surface area contributed by atoms with Crippen molar-refractivity contribution in [1.82, 2.24) is 9.97 Å². The van der Waals surface area contributed by atoms with Crippen LogP contribution in [0.3, 0.4) is 0 Å².